The molecule has 0 bridgehead atoms. The third-order valence-corrected chi connectivity index (χ3v) is 4.29. The zero-order valence-corrected chi connectivity index (χ0v) is 13.1. The maximum atomic E-state index is 12.7. The van der Waals surface area contributed by atoms with E-state index in [1.165, 1.54) is 0 Å². The second-order valence-corrected chi connectivity index (χ2v) is 6.21. The zero-order valence-electron chi connectivity index (χ0n) is 17.3. The molecule has 116 valence electrons. The van der Waals surface area contributed by atoms with E-state index in [2.05, 4.69) is 4.99 Å². The molecule has 1 aliphatic heterocycles. The van der Waals surface area contributed by atoms with Crippen molar-refractivity contribution in [3.05, 3.63) is 64.6 Å². The number of carbonyl (C=O) groups is 1. The SMILES string of the molecule is [2H]c1c([2H])c([2H])c(C2=NCC(=O)N(CC3CC3)c3ccc(Cl)cc32)c([2H])c1[2H]. The van der Waals surface area contributed by atoms with Gasteiger partial charge >= 0.3 is 0 Å². The Hall–Kier alpha value is -2.13. The van der Waals surface area contributed by atoms with Gasteiger partial charge in [0.2, 0.25) is 5.91 Å². The Kier molecular flexibility index (Phi) is 2.50. The molecule has 0 radical (unpaired) electrons. The maximum absolute atomic E-state index is 12.7. The van der Waals surface area contributed by atoms with E-state index in [9.17, 15) is 4.79 Å². The third-order valence-electron chi connectivity index (χ3n) is 4.05. The van der Waals surface area contributed by atoms with Crippen molar-refractivity contribution in [1.82, 2.24) is 0 Å². The molecule has 0 N–H and O–H groups in total. The minimum atomic E-state index is -0.467. The molecule has 1 amide bonds. The summed E-state index contributed by atoms with van der Waals surface area (Å²) in [5.41, 5.74) is 1.28. The van der Waals surface area contributed by atoms with E-state index in [1.807, 2.05) is 0 Å². The smallest absolute Gasteiger partial charge is 0.248 e. The molecule has 0 atom stereocenters. The van der Waals surface area contributed by atoms with Crippen molar-refractivity contribution in [2.45, 2.75) is 12.8 Å². The Morgan fingerprint density at radius 3 is 2.78 bits per heavy atom. The molecule has 4 heteroatoms. The number of amides is 1. The van der Waals surface area contributed by atoms with Crippen molar-refractivity contribution in [2.75, 3.05) is 18.0 Å². The molecule has 3 nitrogen and oxygen atoms in total. The van der Waals surface area contributed by atoms with Crippen LogP contribution >= 0.6 is 11.6 Å². The van der Waals surface area contributed by atoms with Gasteiger partial charge in [-0.05, 0) is 37.0 Å². The zero-order chi connectivity index (χ0) is 20.2. The van der Waals surface area contributed by atoms with Gasteiger partial charge in [0.25, 0.3) is 0 Å². The first-order chi connectivity index (χ1) is 13.3. The predicted octanol–water partition coefficient (Wildman–Crippen LogP) is 3.93. The fraction of sp³-hybridized carbons (Fsp3) is 0.263. The average Bonchev–Trinajstić information content (AvgIpc) is 3.50. The van der Waals surface area contributed by atoms with Crippen LogP contribution in [-0.4, -0.2) is 24.7 Å². The van der Waals surface area contributed by atoms with E-state index >= 15 is 0 Å². The van der Waals surface area contributed by atoms with Crippen molar-refractivity contribution in [1.29, 1.82) is 0 Å². The number of halogens is 1. The van der Waals surface area contributed by atoms with E-state index in [4.69, 9.17) is 18.5 Å². The van der Waals surface area contributed by atoms with Crippen LogP contribution in [-0.2, 0) is 4.79 Å². The number of hydrogen-bond donors (Lipinski definition) is 0. The molecule has 1 saturated carbocycles. The monoisotopic (exact) mass is 329 g/mol. The molecule has 4 rings (SSSR count). The molecular weight excluding hydrogens is 308 g/mol. The summed E-state index contributed by atoms with van der Waals surface area (Å²) in [6, 6.07) is 3.00. The minimum Gasteiger partial charge on any atom is -0.310 e. The van der Waals surface area contributed by atoms with Crippen LogP contribution in [0.4, 0.5) is 5.69 Å². The molecule has 0 saturated heterocycles. The molecule has 2 aromatic carbocycles. The molecule has 23 heavy (non-hydrogen) atoms. The first-order valence-corrected chi connectivity index (χ1v) is 7.89. The van der Waals surface area contributed by atoms with Crippen molar-refractivity contribution >= 4 is 28.9 Å². The number of benzene rings is 2. The van der Waals surface area contributed by atoms with Crippen LogP contribution in [0.25, 0.3) is 0 Å². The molecule has 2 aliphatic rings. The lowest BCUT2D eigenvalue weighted by molar-refractivity contribution is -0.117. The topological polar surface area (TPSA) is 32.7 Å². The molecule has 1 heterocycles. The molecule has 2 aromatic rings. The van der Waals surface area contributed by atoms with Gasteiger partial charge < -0.3 is 4.90 Å². The fourth-order valence-electron chi connectivity index (χ4n) is 2.73. The fourth-order valence-corrected chi connectivity index (χ4v) is 2.90. The summed E-state index contributed by atoms with van der Waals surface area (Å²) in [7, 11) is 0. The summed E-state index contributed by atoms with van der Waals surface area (Å²) < 4.78 is 40.3. The molecule has 1 aliphatic carbocycles. The van der Waals surface area contributed by atoms with Crippen LogP contribution in [0.1, 0.15) is 30.8 Å². The van der Waals surface area contributed by atoms with Gasteiger partial charge in [-0.2, -0.15) is 0 Å². The van der Waals surface area contributed by atoms with Crippen molar-refractivity contribution in [3.63, 3.8) is 0 Å². The third kappa shape index (κ3) is 2.89. The van der Waals surface area contributed by atoms with Gasteiger partial charge in [-0.3, -0.25) is 9.79 Å². The Balaban J connectivity index is 1.95. The number of anilines is 1. The molecule has 0 aromatic heterocycles. The second-order valence-electron chi connectivity index (χ2n) is 5.77. The first-order valence-electron chi connectivity index (χ1n) is 10.0. The first kappa shape index (κ1) is 9.89. The number of benzodiazepines with no additional fused rings is 1. The molecule has 0 unspecified atom stereocenters. The van der Waals surface area contributed by atoms with Crippen LogP contribution in [0.15, 0.2) is 53.4 Å². The maximum Gasteiger partial charge on any atom is 0.248 e. The summed E-state index contributed by atoms with van der Waals surface area (Å²) >= 11 is 6.20. The quantitative estimate of drug-likeness (QED) is 0.839. The summed E-state index contributed by atoms with van der Waals surface area (Å²) in [6.07, 6.45) is 2.15. The molecule has 1 fully saturated rings. The summed E-state index contributed by atoms with van der Waals surface area (Å²) in [6.45, 7) is 0.424. The Labute approximate surface area is 147 Å². The predicted molar refractivity (Wildman–Crippen MR) is 93.5 cm³/mol. The number of nitrogens with zero attached hydrogens (tertiary/aromatic N) is 2. The second kappa shape index (κ2) is 5.82. The van der Waals surface area contributed by atoms with Gasteiger partial charge in [-0.15, -0.1) is 0 Å². The number of hydrogen-bond acceptors (Lipinski definition) is 2. The van der Waals surface area contributed by atoms with Crippen molar-refractivity contribution in [2.24, 2.45) is 10.9 Å². The summed E-state index contributed by atoms with van der Waals surface area (Å²) in [5.74, 6) is 0.271. The number of fused-ring (bicyclic) bond motifs is 1. The molecule has 0 spiro atoms. The van der Waals surface area contributed by atoms with Gasteiger partial charge in [0, 0.05) is 22.7 Å². The van der Waals surface area contributed by atoms with Gasteiger partial charge in [0.1, 0.15) is 6.54 Å². The lowest BCUT2D eigenvalue weighted by Crippen LogP contribution is -2.34. The molecular formula is C19H17ClN2O. The van der Waals surface area contributed by atoms with Gasteiger partial charge in [-0.25, -0.2) is 0 Å². The van der Waals surface area contributed by atoms with Crippen molar-refractivity contribution < 1.29 is 11.6 Å². The Bertz CT molecular complexity index is 1010. The lowest BCUT2D eigenvalue weighted by Gasteiger charge is -2.23. The highest BCUT2D eigenvalue weighted by Gasteiger charge is 2.31. The van der Waals surface area contributed by atoms with Gasteiger partial charge in [-0.1, -0.05) is 41.8 Å². The average molecular weight is 330 g/mol. The highest BCUT2D eigenvalue weighted by molar-refractivity contribution is 6.32. The van der Waals surface area contributed by atoms with E-state index < -0.39 is 18.1 Å². The number of carbonyl (C=O) groups excluding carboxylic acids is 1. The van der Waals surface area contributed by atoms with Crippen LogP contribution < -0.4 is 4.90 Å². The van der Waals surface area contributed by atoms with Crippen LogP contribution in [0.2, 0.25) is 5.02 Å². The summed E-state index contributed by atoms with van der Waals surface area (Å²) in [5, 5.41) is 0.416. The number of rotatable bonds is 3. The van der Waals surface area contributed by atoms with Crippen LogP contribution in [0.5, 0.6) is 0 Å². The van der Waals surface area contributed by atoms with Gasteiger partial charge in [0.15, 0.2) is 0 Å². The van der Waals surface area contributed by atoms with E-state index in [0.29, 0.717) is 28.7 Å². The highest BCUT2D eigenvalue weighted by Crippen LogP contribution is 2.35. The minimum absolute atomic E-state index is 0.0180. The summed E-state index contributed by atoms with van der Waals surface area (Å²) in [4.78, 5) is 18.8. The van der Waals surface area contributed by atoms with E-state index in [0.717, 1.165) is 12.8 Å². The van der Waals surface area contributed by atoms with Crippen LogP contribution in [0.3, 0.4) is 0 Å². The lowest BCUT2D eigenvalue weighted by atomic mass is 10.00. The number of aliphatic imine (C=N–C) groups is 1. The Morgan fingerprint density at radius 2 is 2.04 bits per heavy atom. The highest BCUT2D eigenvalue weighted by atomic mass is 35.5. The largest absolute Gasteiger partial charge is 0.310 e. The Morgan fingerprint density at radius 1 is 1.26 bits per heavy atom. The van der Waals surface area contributed by atoms with Crippen LogP contribution in [0, 0.1) is 5.92 Å². The standard InChI is InChI=1S/C19H17ClN2O/c20-15-8-9-17-16(10-15)19(14-4-2-1-3-5-14)21-11-18(23)22(17)12-13-6-7-13/h1-5,8-10,13H,6-7,11-12H2/i1D,2D,3D,4D,5D. The van der Waals surface area contributed by atoms with Gasteiger partial charge in [0.05, 0.1) is 18.3 Å². The normalized spacial score (nSPS) is 20.6. The van der Waals surface area contributed by atoms with Crippen molar-refractivity contribution in [3.8, 4) is 0 Å². The van der Waals surface area contributed by atoms with E-state index in [1.54, 1.807) is 23.1 Å². The van der Waals surface area contributed by atoms with E-state index in [-0.39, 0.29) is 35.8 Å².